The molecule has 2 heterocycles. The Kier molecular flexibility index (Phi) is 2.72. The molecule has 1 fully saturated rings. The molecule has 1 aliphatic heterocycles. The van der Waals surface area contributed by atoms with Gasteiger partial charge in [-0.1, -0.05) is 12.8 Å². The second-order valence-corrected chi connectivity index (χ2v) is 5.20. The van der Waals surface area contributed by atoms with Gasteiger partial charge in [0.25, 0.3) is 0 Å². The molecule has 0 aromatic carbocycles. The maximum Gasteiger partial charge on any atom is 0.111 e. The Bertz CT molecular complexity index is 366. The van der Waals surface area contributed by atoms with Crippen LogP contribution in [0.25, 0.3) is 0 Å². The van der Waals surface area contributed by atoms with Crippen LogP contribution < -0.4 is 0 Å². The smallest absolute Gasteiger partial charge is 0.111 e. The Morgan fingerprint density at radius 1 is 1.25 bits per heavy atom. The van der Waals surface area contributed by atoms with E-state index in [0.29, 0.717) is 11.8 Å². The number of rotatable bonds is 2. The lowest BCUT2D eigenvalue weighted by Gasteiger charge is -2.24. The number of hydrogen-bond acceptors (Lipinski definition) is 2. The highest BCUT2D eigenvalue weighted by Gasteiger charge is 2.27. The highest BCUT2D eigenvalue weighted by molar-refractivity contribution is 5.16. The molecule has 3 rings (SSSR count). The first-order valence-electron chi connectivity index (χ1n) is 6.56. The number of aromatic nitrogens is 2. The van der Waals surface area contributed by atoms with E-state index in [0.717, 1.165) is 13.0 Å². The molecular formula is C13H20N2O. The van der Waals surface area contributed by atoms with E-state index >= 15 is 0 Å². The molecule has 0 radical (unpaired) electrons. The lowest BCUT2D eigenvalue weighted by molar-refractivity contribution is 0.240. The molecule has 0 saturated heterocycles. The topological polar surface area (TPSA) is 38.0 Å². The molecule has 1 aromatic heterocycles. The number of nitrogens with zero attached hydrogens (tertiary/aromatic N) is 2. The second-order valence-electron chi connectivity index (χ2n) is 5.20. The zero-order valence-corrected chi connectivity index (χ0v) is 9.73. The first-order valence-corrected chi connectivity index (χ1v) is 6.56. The molecule has 1 aromatic rings. The fourth-order valence-electron chi connectivity index (χ4n) is 3.31. The largest absolute Gasteiger partial charge is 0.396 e. The van der Waals surface area contributed by atoms with Crippen LogP contribution in [0.4, 0.5) is 0 Å². The minimum absolute atomic E-state index is 0.274. The molecule has 2 aliphatic rings. The average Bonchev–Trinajstić information content (AvgIpc) is 2.96. The summed E-state index contributed by atoms with van der Waals surface area (Å²) in [5.74, 6) is 2.31. The second kappa shape index (κ2) is 4.21. The van der Waals surface area contributed by atoms with Crippen molar-refractivity contribution in [3.63, 3.8) is 0 Å². The summed E-state index contributed by atoms with van der Waals surface area (Å²) < 4.78 is 2.39. The van der Waals surface area contributed by atoms with Crippen LogP contribution in [0.1, 0.15) is 61.9 Å². The van der Waals surface area contributed by atoms with Crippen molar-refractivity contribution >= 4 is 0 Å². The number of aliphatic hydroxyl groups is 1. The molecule has 0 amide bonds. The number of aliphatic hydroxyl groups excluding tert-OH is 1. The SMILES string of the molecule is OCC1CCCn2c1cnc2C1CCCC1. The predicted molar refractivity (Wildman–Crippen MR) is 62.5 cm³/mol. The molecule has 1 atom stereocenters. The van der Waals surface area contributed by atoms with Crippen LogP contribution in [0.15, 0.2) is 6.20 Å². The van der Waals surface area contributed by atoms with Crippen LogP contribution in [0.5, 0.6) is 0 Å². The van der Waals surface area contributed by atoms with Crippen LogP contribution in [0, 0.1) is 0 Å². The van der Waals surface area contributed by atoms with Gasteiger partial charge in [0.15, 0.2) is 0 Å². The average molecular weight is 220 g/mol. The fourth-order valence-corrected chi connectivity index (χ4v) is 3.31. The summed E-state index contributed by atoms with van der Waals surface area (Å²) in [6.45, 7) is 1.38. The van der Waals surface area contributed by atoms with Gasteiger partial charge in [-0.25, -0.2) is 4.98 Å². The monoisotopic (exact) mass is 220 g/mol. The maximum absolute atomic E-state index is 9.37. The highest BCUT2D eigenvalue weighted by atomic mass is 16.3. The Morgan fingerprint density at radius 3 is 2.81 bits per heavy atom. The molecule has 3 nitrogen and oxygen atoms in total. The van der Waals surface area contributed by atoms with Crippen LogP contribution in [-0.4, -0.2) is 21.3 Å². The van der Waals surface area contributed by atoms with Gasteiger partial charge in [0.1, 0.15) is 5.82 Å². The van der Waals surface area contributed by atoms with Crippen LogP contribution >= 0.6 is 0 Å². The third-order valence-corrected chi connectivity index (χ3v) is 4.21. The zero-order valence-electron chi connectivity index (χ0n) is 9.73. The van der Waals surface area contributed by atoms with Gasteiger partial charge in [0, 0.05) is 30.3 Å². The third kappa shape index (κ3) is 1.58. The van der Waals surface area contributed by atoms with Gasteiger partial charge in [-0.05, 0) is 25.7 Å². The standard InChI is InChI=1S/C13H20N2O/c16-9-11-6-3-7-15-12(11)8-14-13(15)10-4-1-2-5-10/h8,10-11,16H,1-7,9H2. The maximum atomic E-state index is 9.37. The van der Waals surface area contributed by atoms with Gasteiger partial charge in [-0.3, -0.25) is 0 Å². The minimum atomic E-state index is 0.274. The van der Waals surface area contributed by atoms with Crippen molar-refractivity contribution in [1.82, 2.24) is 9.55 Å². The van der Waals surface area contributed by atoms with E-state index < -0.39 is 0 Å². The van der Waals surface area contributed by atoms with E-state index in [4.69, 9.17) is 0 Å². The Balaban J connectivity index is 1.93. The summed E-state index contributed by atoms with van der Waals surface area (Å²) in [7, 11) is 0. The predicted octanol–water partition coefficient (Wildman–Crippen LogP) is 2.41. The Hall–Kier alpha value is -0.830. The summed E-state index contributed by atoms with van der Waals surface area (Å²) in [6, 6.07) is 0. The summed E-state index contributed by atoms with van der Waals surface area (Å²) in [4.78, 5) is 4.63. The lowest BCUT2D eigenvalue weighted by atomic mass is 9.97. The molecule has 0 bridgehead atoms. The van der Waals surface area contributed by atoms with E-state index in [1.807, 2.05) is 6.20 Å². The molecule has 1 N–H and O–H groups in total. The highest BCUT2D eigenvalue weighted by Crippen LogP contribution is 2.36. The van der Waals surface area contributed by atoms with E-state index in [1.54, 1.807) is 0 Å². The van der Waals surface area contributed by atoms with Crippen molar-refractivity contribution in [1.29, 1.82) is 0 Å². The van der Waals surface area contributed by atoms with E-state index in [2.05, 4.69) is 9.55 Å². The molecule has 1 saturated carbocycles. The van der Waals surface area contributed by atoms with E-state index in [1.165, 1.54) is 43.6 Å². The van der Waals surface area contributed by atoms with Gasteiger partial charge < -0.3 is 9.67 Å². The minimum Gasteiger partial charge on any atom is -0.396 e. The first kappa shape index (κ1) is 10.3. The summed E-state index contributed by atoms with van der Waals surface area (Å²) in [5, 5.41) is 9.37. The van der Waals surface area contributed by atoms with Crippen molar-refractivity contribution in [3.05, 3.63) is 17.7 Å². The van der Waals surface area contributed by atoms with Gasteiger partial charge in [-0.2, -0.15) is 0 Å². The van der Waals surface area contributed by atoms with Crippen LogP contribution in [-0.2, 0) is 6.54 Å². The molecule has 1 aliphatic carbocycles. The van der Waals surface area contributed by atoms with Crippen molar-refractivity contribution in [3.8, 4) is 0 Å². The van der Waals surface area contributed by atoms with Crippen molar-refractivity contribution in [2.24, 2.45) is 0 Å². The molecule has 1 unspecified atom stereocenters. The van der Waals surface area contributed by atoms with Crippen molar-refractivity contribution < 1.29 is 5.11 Å². The zero-order chi connectivity index (χ0) is 11.0. The fraction of sp³-hybridized carbons (Fsp3) is 0.769. The third-order valence-electron chi connectivity index (χ3n) is 4.21. The van der Waals surface area contributed by atoms with Gasteiger partial charge in [0.05, 0.1) is 6.61 Å². The molecule has 16 heavy (non-hydrogen) atoms. The number of hydrogen-bond donors (Lipinski definition) is 1. The number of fused-ring (bicyclic) bond motifs is 1. The van der Waals surface area contributed by atoms with Gasteiger partial charge in [-0.15, -0.1) is 0 Å². The molecule has 88 valence electrons. The van der Waals surface area contributed by atoms with Crippen LogP contribution in [0.2, 0.25) is 0 Å². The lowest BCUT2D eigenvalue weighted by Crippen LogP contribution is -2.20. The molecule has 3 heteroatoms. The van der Waals surface area contributed by atoms with E-state index in [9.17, 15) is 5.11 Å². The normalized spacial score (nSPS) is 25.9. The summed E-state index contributed by atoms with van der Waals surface area (Å²) in [5.41, 5.74) is 1.27. The summed E-state index contributed by atoms with van der Waals surface area (Å²) >= 11 is 0. The Labute approximate surface area is 96.5 Å². The summed E-state index contributed by atoms with van der Waals surface area (Å²) in [6.07, 6.45) is 9.64. The quantitative estimate of drug-likeness (QED) is 0.831. The van der Waals surface area contributed by atoms with Gasteiger partial charge >= 0.3 is 0 Å². The van der Waals surface area contributed by atoms with Crippen molar-refractivity contribution in [2.75, 3.05) is 6.61 Å². The van der Waals surface area contributed by atoms with E-state index in [-0.39, 0.29) is 6.61 Å². The van der Waals surface area contributed by atoms with Gasteiger partial charge in [0.2, 0.25) is 0 Å². The van der Waals surface area contributed by atoms with Crippen LogP contribution in [0.3, 0.4) is 0 Å². The molecule has 0 spiro atoms. The molecular weight excluding hydrogens is 200 g/mol. The Morgan fingerprint density at radius 2 is 2.06 bits per heavy atom. The first-order chi connectivity index (χ1) is 7.90. The number of imidazole rings is 1. The van der Waals surface area contributed by atoms with Crippen molar-refractivity contribution in [2.45, 2.75) is 56.9 Å².